The Morgan fingerprint density at radius 1 is 0.933 bits per heavy atom. The van der Waals surface area contributed by atoms with E-state index in [0.717, 1.165) is 12.8 Å². The quantitative estimate of drug-likeness (QED) is 0.224. The van der Waals surface area contributed by atoms with Crippen molar-refractivity contribution in [3.63, 3.8) is 0 Å². The number of hydrogen-bond acceptors (Lipinski definition) is 9. The van der Waals surface area contributed by atoms with E-state index in [0.29, 0.717) is 12.8 Å². The first-order valence-electron chi connectivity index (χ1n) is 8.76. The number of carbonyl (C=O) groups excluding carboxylic acids is 1. The molecule has 0 aromatic heterocycles. The van der Waals surface area contributed by atoms with Crippen molar-refractivity contribution in [2.75, 3.05) is 0 Å². The van der Waals surface area contributed by atoms with Crippen LogP contribution in [0.4, 0.5) is 0 Å². The zero-order chi connectivity index (χ0) is 19.9. The van der Waals surface area contributed by atoms with Crippen molar-refractivity contribution in [1.82, 2.24) is 0 Å². The molecule has 2 aliphatic carbocycles. The summed E-state index contributed by atoms with van der Waals surface area (Å²) in [5.74, 6) is -2.87. The van der Waals surface area contributed by atoms with Gasteiger partial charge in [0.05, 0.1) is 13.9 Å². The average Bonchev–Trinajstić information content (AvgIpc) is 2.78. The first-order valence-corrected chi connectivity index (χ1v) is 11.7. The van der Waals surface area contributed by atoms with Gasteiger partial charge in [-0.05, 0) is 42.4 Å². The molecule has 15 heteroatoms. The van der Waals surface area contributed by atoms with Gasteiger partial charge in [-0.15, -0.1) is 0 Å². The molecule has 0 amide bonds. The summed E-state index contributed by atoms with van der Waals surface area (Å²) in [6.45, 7) is 5.39. The van der Waals surface area contributed by atoms with Gasteiger partial charge in [0.25, 0.3) is 7.82 Å². The maximum absolute atomic E-state index is 12.0. The summed E-state index contributed by atoms with van der Waals surface area (Å²) in [4.78, 5) is 44.8. The van der Waals surface area contributed by atoms with Gasteiger partial charge in [-0.3, -0.25) is 8.88 Å². The van der Waals surface area contributed by atoms with E-state index in [1.807, 2.05) is 13.8 Å². The van der Waals surface area contributed by atoms with Gasteiger partial charge < -0.3 is 33.7 Å². The fraction of sp³-hybridized carbons (Fsp3) is 0.933. The average molecular weight is 567 g/mol. The molecule has 0 aromatic carbocycles. The molecular weight excluding hydrogens is 542 g/mol. The maximum Gasteiger partial charge on any atom is 1.00 e. The molecule has 8 unspecified atom stereocenters. The second-order valence-corrected chi connectivity index (χ2v) is 10.3. The van der Waals surface area contributed by atoms with Gasteiger partial charge >= 0.3 is 206 Å². The summed E-state index contributed by atoms with van der Waals surface area (Å²) in [5.41, 5.74) is 0. The molecule has 0 aromatic rings. The molecule has 0 N–H and O–H groups in total. The number of phosphoric acid groups is 2. The van der Waals surface area contributed by atoms with Crippen molar-refractivity contribution in [2.45, 2.75) is 52.6 Å². The van der Waals surface area contributed by atoms with E-state index in [4.69, 9.17) is 4.52 Å². The molecule has 2 saturated carbocycles. The van der Waals surface area contributed by atoms with Gasteiger partial charge in [0.1, 0.15) is 0 Å². The Balaban J connectivity index is -0.00000182. The smallest absolute Gasteiger partial charge is 0.790 e. The van der Waals surface area contributed by atoms with Crippen molar-refractivity contribution >= 4 is 21.6 Å². The van der Waals surface area contributed by atoms with E-state index in [1.165, 1.54) is 6.92 Å². The van der Waals surface area contributed by atoms with Crippen molar-refractivity contribution in [3.8, 4) is 0 Å². The fourth-order valence-corrected chi connectivity index (χ4v) is 6.49. The molecule has 2 rings (SSSR count). The number of phosphoric ester groups is 1. The first kappa shape index (κ1) is 40.8. The van der Waals surface area contributed by atoms with Crippen molar-refractivity contribution < 1.29 is 248 Å². The number of aliphatic carboxylic acids is 1. The Labute approximate surface area is 348 Å². The van der Waals surface area contributed by atoms with Crippen LogP contribution in [0.25, 0.3) is 0 Å². The van der Waals surface area contributed by atoms with Crippen molar-refractivity contribution in [1.29, 1.82) is 0 Å². The molecule has 0 radical (unpaired) electrons. The zero-order valence-electron chi connectivity index (χ0n) is 18.9. The largest absolute Gasteiger partial charge is 1.00 e. The molecule has 152 valence electrons. The molecule has 0 aliphatic heterocycles. The monoisotopic (exact) mass is 566 g/mol. The fourth-order valence-electron chi connectivity index (χ4n) is 4.76. The maximum atomic E-state index is 12.0. The summed E-state index contributed by atoms with van der Waals surface area (Å²) in [5, 5.41) is 11.4. The van der Waals surface area contributed by atoms with Gasteiger partial charge in [0.15, 0.2) is 0 Å². The van der Waals surface area contributed by atoms with Crippen LogP contribution in [0.2, 0.25) is 0 Å². The van der Waals surface area contributed by atoms with Crippen molar-refractivity contribution in [3.05, 3.63) is 0 Å². The normalized spacial score (nSPS) is 33.7. The van der Waals surface area contributed by atoms with Crippen LogP contribution in [0.15, 0.2) is 0 Å². The Morgan fingerprint density at radius 3 is 1.90 bits per heavy atom. The summed E-state index contributed by atoms with van der Waals surface area (Å²) < 4.78 is 31.4. The minimum atomic E-state index is -5.81. The first-order chi connectivity index (χ1) is 11.8. The molecule has 30 heavy (non-hydrogen) atoms. The van der Waals surface area contributed by atoms with Gasteiger partial charge in [-0.25, -0.2) is 0 Å². The standard InChI is InChI=1S/C15H28O9P2.4K/c1-8-4-7-12(10(3)15(16)17)14(13-9(2)5-6-11(8)13)23-26(21,22)24-25(18,19)20;;;;/h8-14H,4-7H2,1-3H3,(H,16,17)(H,21,22)(H2,18,19,20);;;;/q;4*+1/p-4. The molecule has 0 bridgehead atoms. The molecule has 2 fully saturated rings. The van der Waals surface area contributed by atoms with E-state index in [1.54, 1.807) is 0 Å². The molecular formula is C15H24K4O9P2. The summed E-state index contributed by atoms with van der Waals surface area (Å²) >= 11 is 0. The summed E-state index contributed by atoms with van der Waals surface area (Å²) in [6, 6.07) is 0. The number of carboxylic acids is 1. The van der Waals surface area contributed by atoms with Crippen LogP contribution in [0.5, 0.6) is 0 Å². The van der Waals surface area contributed by atoms with Crippen molar-refractivity contribution in [2.24, 2.45) is 35.5 Å². The molecule has 0 heterocycles. The van der Waals surface area contributed by atoms with Gasteiger partial charge in [0, 0.05) is 11.9 Å². The van der Waals surface area contributed by atoms with Crippen LogP contribution in [0, 0.1) is 35.5 Å². The Hall–Kier alpha value is 6.28. The number of carbonyl (C=O) groups is 1. The zero-order valence-corrected chi connectivity index (χ0v) is 33.2. The van der Waals surface area contributed by atoms with Gasteiger partial charge in [-0.2, -0.15) is 0 Å². The predicted octanol–water partition coefficient (Wildman–Crippen LogP) is -12.2. The second kappa shape index (κ2) is 17.8. The topological polar surface area (TPSA) is 162 Å². The molecule has 9 nitrogen and oxygen atoms in total. The third-order valence-electron chi connectivity index (χ3n) is 6.06. The summed E-state index contributed by atoms with van der Waals surface area (Å²) in [6.07, 6.45) is 1.70. The van der Waals surface area contributed by atoms with Gasteiger partial charge in [-0.1, -0.05) is 33.6 Å². The molecule has 8 atom stereocenters. The van der Waals surface area contributed by atoms with E-state index < -0.39 is 39.6 Å². The van der Waals surface area contributed by atoms with Crippen LogP contribution in [0.1, 0.15) is 46.5 Å². The van der Waals surface area contributed by atoms with Crippen LogP contribution in [-0.2, 0) is 22.8 Å². The third-order valence-corrected chi connectivity index (χ3v) is 8.16. The van der Waals surface area contributed by atoms with E-state index in [9.17, 15) is 33.7 Å². The van der Waals surface area contributed by atoms with E-state index in [-0.39, 0.29) is 229 Å². The molecule has 0 saturated heterocycles. The van der Waals surface area contributed by atoms with Crippen LogP contribution >= 0.6 is 15.6 Å². The Bertz CT molecular complexity index is 635. The second-order valence-electron chi connectivity index (χ2n) is 7.67. The predicted molar refractivity (Wildman–Crippen MR) is 82.6 cm³/mol. The minimum Gasteiger partial charge on any atom is -0.790 e. The SMILES string of the molecule is CC1CCC(C(C)C(=O)[O-])C(OP(=O)([O-])OP(=O)([O-])[O-])C2C(C)CCC12.[K+].[K+].[K+].[K+]. The number of hydrogen-bond donors (Lipinski definition) is 0. The Kier molecular flexibility index (Phi) is 24.2. The minimum absolute atomic E-state index is 0. The van der Waals surface area contributed by atoms with E-state index >= 15 is 0 Å². The van der Waals surface area contributed by atoms with Gasteiger partial charge in [0.2, 0.25) is 0 Å². The Morgan fingerprint density at radius 2 is 1.43 bits per heavy atom. The summed E-state index contributed by atoms with van der Waals surface area (Å²) in [7, 11) is -11.3. The van der Waals surface area contributed by atoms with Crippen LogP contribution < -0.4 is 225 Å². The third kappa shape index (κ3) is 12.4. The molecule has 2 aliphatic rings. The number of carboxylic acid groups (broad SMARTS) is 1. The van der Waals surface area contributed by atoms with E-state index in [2.05, 4.69) is 4.31 Å². The van der Waals surface area contributed by atoms with Crippen LogP contribution in [0.3, 0.4) is 0 Å². The number of fused-ring (bicyclic) bond motifs is 1. The molecule has 0 spiro atoms. The number of rotatable bonds is 6. The van der Waals surface area contributed by atoms with Crippen LogP contribution in [-0.4, -0.2) is 12.1 Å².